The number of carbonyl (C=O) groups is 1. The average molecular weight is 359 g/mol. The second-order valence-electron chi connectivity index (χ2n) is 6.29. The van der Waals surface area contributed by atoms with Crippen molar-refractivity contribution in [1.82, 2.24) is 0 Å². The molecular weight excluding hydrogens is 336 g/mol. The van der Waals surface area contributed by atoms with Gasteiger partial charge in [-0.25, -0.2) is 0 Å². The predicted octanol–water partition coefficient (Wildman–Crippen LogP) is 4.14. The number of hydrogen-bond donors (Lipinski definition) is 1. The van der Waals surface area contributed by atoms with Gasteiger partial charge in [-0.05, 0) is 48.7 Å². The molecule has 4 nitrogen and oxygen atoms in total. The Morgan fingerprint density at radius 1 is 1.16 bits per heavy atom. The van der Waals surface area contributed by atoms with Crippen LogP contribution in [-0.2, 0) is 16.0 Å². The molecule has 0 aliphatic carbocycles. The van der Waals surface area contributed by atoms with E-state index in [9.17, 15) is 4.79 Å². The molecule has 0 unspecified atom stereocenters. The molecule has 1 aliphatic rings. The number of nitrogens with one attached hydrogen (secondary N) is 1. The first-order valence-corrected chi connectivity index (χ1v) is 8.94. The van der Waals surface area contributed by atoms with Gasteiger partial charge in [-0.1, -0.05) is 29.8 Å². The van der Waals surface area contributed by atoms with Gasteiger partial charge in [0.1, 0.15) is 0 Å². The molecule has 1 aliphatic heterocycles. The van der Waals surface area contributed by atoms with Crippen LogP contribution in [0.5, 0.6) is 0 Å². The molecule has 1 heterocycles. The Balaban J connectivity index is 1.56. The first-order chi connectivity index (χ1) is 12.2. The van der Waals surface area contributed by atoms with Crippen LogP contribution < -0.4 is 10.2 Å². The maximum Gasteiger partial charge on any atom is 0.228 e. The van der Waals surface area contributed by atoms with Gasteiger partial charge in [-0.3, -0.25) is 4.79 Å². The number of carbonyl (C=O) groups excluding carboxylic acids is 1. The van der Waals surface area contributed by atoms with Gasteiger partial charge >= 0.3 is 0 Å². The molecule has 0 spiro atoms. The number of amides is 1. The van der Waals surface area contributed by atoms with Gasteiger partial charge in [0.25, 0.3) is 0 Å². The van der Waals surface area contributed by atoms with E-state index in [1.165, 1.54) is 5.69 Å². The third-order valence-electron chi connectivity index (χ3n) is 4.60. The molecule has 3 rings (SSSR count). The van der Waals surface area contributed by atoms with Crippen LogP contribution in [0.1, 0.15) is 18.4 Å². The Morgan fingerprint density at radius 3 is 2.48 bits per heavy atom. The standard InChI is InChI=1S/C20H23ClN2O2/c1-25-18-10-12-23(13-11-18)17-8-6-16(7-9-17)22-20(24)14-15-4-2-3-5-19(15)21/h2-9,18H,10-14H2,1H3,(H,22,24). The van der Waals surface area contributed by atoms with Gasteiger partial charge in [0.2, 0.25) is 5.91 Å². The number of halogens is 1. The minimum Gasteiger partial charge on any atom is -0.381 e. The van der Waals surface area contributed by atoms with Crippen LogP contribution in [-0.4, -0.2) is 32.2 Å². The fourth-order valence-corrected chi connectivity index (χ4v) is 3.33. The van der Waals surface area contributed by atoms with E-state index in [1.807, 2.05) is 30.3 Å². The highest BCUT2D eigenvalue weighted by atomic mass is 35.5. The van der Waals surface area contributed by atoms with Crippen molar-refractivity contribution in [3.8, 4) is 0 Å². The van der Waals surface area contributed by atoms with Gasteiger partial charge in [0, 0.05) is 36.6 Å². The van der Waals surface area contributed by atoms with Crippen LogP contribution >= 0.6 is 11.6 Å². The molecule has 2 aromatic carbocycles. The lowest BCUT2D eigenvalue weighted by Crippen LogP contribution is -2.36. The lowest BCUT2D eigenvalue weighted by atomic mass is 10.1. The van der Waals surface area contributed by atoms with Crippen LogP contribution in [0, 0.1) is 0 Å². The van der Waals surface area contributed by atoms with Crippen molar-refractivity contribution in [2.75, 3.05) is 30.4 Å². The van der Waals surface area contributed by atoms with Gasteiger partial charge in [0.05, 0.1) is 12.5 Å². The molecule has 1 saturated heterocycles. The first kappa shape index (κ1) is 17.8. The molecule has 0 bridgehead atoms. The molecule has 0 saturated carbocycles. The number of hydrogen-bond acceptors (Lipinski definition) is 3. The van der Waals surface area contributed by atoms with E-state index in [4.69, 9.17) is 16.3 Å². The summed E-state index contributed by atoms with van der Waals surface area (Å²) in [6.07, 6.45) is 2.74. The molecule has 0 radical (unpaired) electrons. The SMILES string of the molecule is COC1CCN(c2ccc(NC(=O)Cc3ccccc3Cl)cc2)CC1. The molecule has 25 heavy (non-hydrogen) atoms. The van der Waals surface area contributed by atoms with E-state index in [2.05, 4.69) is 22.3 Å². The molecule has 0 atom stereocenters. The average Bonchev–Trinajstić information content (AvgIpc) is 2.64. The van der Waals surface area contributed by atoms with Crippen molar-refractivity contribution in [3.63, 3.8) is 0 Å². The second-order valence-corrected chi connectivity index (χ2v) is 6.69. The number of rotatable bonds is 5. The topological polar surface area (TPSA) is 41.6 Å². The monoisotopic (exact) mass is 358 g/mol. The Hall–Kier alpha value is -2.04. The van der Waals surface area contributed by atoms with E-state index in [1.54, 1.807) is 13.2 Å². The number of ether oxygens (including phenoxy) is 1. The highest BCUT2D eigenvalue weighted by Gasteiger charge is 2.18. The fraction of sp³-hybridized carbons (Fsp3) is 0.350. The Labute approximate surface area is 153 Å². The maximum absolute atomic E-state index is 12.2. The van der Waals surface area contributed by atoms with Crippen LogP contribution in [0.25, 0.3) is 0 Å². The lowest BCUT2D eigenvalue weighted by Gasteiger charge is -2.33. The fourth-order valence-electron chi connectivity index (χ4n) is 3.13. The highest BCUT2D eigenvalue weighted by Crippen LogP contribution is 2.23. The van der Waals surface area contributed by atoms with E-state index in [-0.39, 0.29) is 12.3 Å². The van der Waals surface area contributed by atoms with E-state index < -0.39 is 0 Å². The molecule has 0 aromatic heterocycles. The number of piperidine rings is 1. The molecule has 2 aromatic rings. The molecule has 1 fully saturated rings. The number of methoxy groups -OCH3 is 1. The van der Waals surface area contributed by atoms with Crippen LogP contribution in [0.3, 0.4) is 0 Å². The van der Waals surface area contributed by atoms with Crippen molar-refractivity contribution in [3.05, 3.63) is 59.1 Å². The van der Waals surface area contributed by atoms with Crippen molar-refractivity contribution < 1.29 is 9.53 Å². The van der Waals surface area contributed by atoms with E-state index >= 15 is 0 Å². The summed E-state index contributed by atoms with van der Waals surface area (Å²) in [5.41, 5.74) is 2.81. The van der Waals surface area contributed by atoms with Crippen molar-refractivity contribution in [2.24, 2.45) is 0 Å². The third kappa shape index (κ3) is 4.74. The van der Waals surface area contributed by atoms with E-state index in [0.29, 0.717) is 11.1 Å². The summed E-state index contributed by atoms with van der Waals surface area (Å²) < 4.78 is 5.41. The van der Waals surface area contributed by atoms with Gasteiger partial charge in [0.15, 0.2) is 0 Å². The van der Waals surface area contributed by atoms with Gasteiger partial charge < -0.3 is 15.0 Å². The third-order valence-corrected chi connectivity index (χ3v) is 4.97. The minimum absolute atomic E-state index is 0.0678. The summed E-state index contributed by atoms with van der Waals surface area (Å²) in [4.78, 5) is 14.5. The van der Waals surface area contributed by atoms with Crippen molar-refractivity contribution in [2.45, 2.75) is 25.4 Å². The van der Waals surface area contributed by atoms with Crippen LogP contribution in [0.15, 0.2) is 48.5 Å². The van der Waals surface area contributed by atoms with Crippen LogP contribution in [0.4, 0.5) is 11.4 Å². The Kier molecular flexibility index (Phi) is 5.95. The lowest BCUT2D eigenvalue weighted by molar-refractivity contribution is -0.115. The molecule has 5 heteroatoms. The highest BCUT2D eigenvalue weighted by molar-refractivity contribution is 6.31. The summed E-state index contributed by atoms with van der Waals surface area (Å²) in [6.45, 7) is 1.99. The second kappa shape index (κ2) is 8.37. The quantitative estimate of drug-likeness (QED) is 0.873. The zero-order chi connectivity index (χ0) is 17.6. The van der Waals surface area contributed by atoms with E-state index in [0.717, 1.165) is 37.2 Å². The smallest absolute Gasteiger partial charge is 0.228 e. The Morgan fingerprint density at radius 2 is 1.84 bits per heavy atom. The Bertz CT molecular complexity index is 710. The zero-order valence-electron chi connectivity index (χ0n) is 14.4. The maximum atomic E-state index is 12.2. The van der Waals surface area contributed by atoms with Crippen LogP contribution in [0.2, 0.25) is 5.02 Å². The summed E-state index contributed by atoms with van der Waals surface area (Å²) in [5, 5.41) is 3.55. The normalized spacial score (nSPS) is 15.2. The summed E-state index contributed by atoms with van der Waals surface area (Å²) >= 11 is 6.10. The molecule has 1 amide bonds. The summed E-state index contributed by atoms with van der Waals surface area (Å²) in [6, 6.07) is 15.4. The summed E-state index contributed by atoms with van der Waals surface area (Å²) in [5.74, 6) is -0.0678. The minimum atomic E-state index is -0.0678. The molecular formula is C20H23ClN2O2. The van der Waals surface area contributed by atoms with Gasteiger partial charge in [-0.2, -0.15) is 0 Å². The van der Waals surface area contributed by atoms with Crippen molar-refractivity contribution >= 4 is 28.9 Å². The molecule has 1 N–H and O–H groups in total. The van der Waals surface area contributed by atoms with Crippen molar-refractivity contribution in [1.29, 1.82) is 0 Å². The predicted molar refractivity (Wildman–Crippen MR) is 102 cm³/mol. The summed E-state index contributed by atoms with van der Waals surface area (Å²) in [7, 11) is 1.78. The molecule has 132 valence electrons. The number of nitrogens with zero attached hydrogens (tertiary/aromatic N) is 1. The number of benzene rings is 2. The largest absolute Gasteiger partial charge is 0.381 e. The van der Waals surface area contributed by atoms with Gasteiger partial charge in [-0.15, -0.1) is 0 Å². The first-order valence-electron chi connectivity index (χ1n) is 8.57. The number of anilines is 2. The zero-order valence-corrected chi connectivity index (χ0v) is 15.1.